The summed E-state index contributed by atoms with van der Waals surface area (Å²) >= 11 is 0. The standard InChI is InChI=1S/C14H17N3O/c1-18-10-12-5-3-2-4-11(12)9-17-14-8-13(15)6-7-16-14/h2-8H,9-10H2,1H3,(H3,15,16,17). The third-order valence-electron chi connectivity index (χ3n) is 2.66. The lowest BCUT2D eigenvalue weighted by Gasteiger charge is -2.10. The minimum atomic E-state index is 0.613. The van der Waals surface area contributed by atoms with Gasteiger partial charge in [-0.05, 0) is 17.2 Å². The molecule has 1 aromatic heterocycles. The number of hydrogen-bond acceptors (Lipinski definition) is 4. The van der Waals surface area contributed by atoms with Crippen molar-refractivity contribution in [2.45, 2.75) is 13.2 Å². The van der Waals surface area contributed by atoms with Crippen molar-refractivity contribution >= 4 is 11.5 Å². The zero-order valence-electron chi connectivity index (χ0n) is 10.4. The van der Waals surface area contributed by atoms with Gasteiger partial charge in [-0.3, -0.25) is 0 Å². The van der Waals surface area contributed by atoms with Gasteiger partial charge >= 0.3 is 0 Å². The highest BCUT2D eigenvalue weighted by Gasteiger charge is 2.01. The van der Waals surface area contributed by atoms with E-state index in [4.69, 9.17) is 10.5 Å². The Labute approximate surface area is 107 Å². The van der Waals surface area contributed by atoms with Gasteiger partial charge < -0.3 is 15.8 Å². The third-order valence-corrected chi connectivity index (χ3v) is 2.66. The normalized spacial score (nSPS) is 10.3. The lowest BCUT2D eigenvalue weighted by molar-refractivity contribution is 0.184. The van der Waals surface area contributed by atoms with Crippen LogP contribution in [-0.2, 0) is 17.9 Å². The molecule has 4 nitrogen and oxygen atoms in total. The molecule has 18 heavy (non-hydrogen) atoms. The molecule has 0 fully saturated rings. The molecule has 0 saturated carbocycles. The zero-order chi connectivity index (χ0) is 12.8. The molecule has 0 aliphatic heterocycles. The minimum Gasteiger partial charge on any atom is -0.399 e. The van der Waals surface area contributed by atoms with Gasteiger partial charge in [0, 0.05) is 31.6 Å². The summed E-state index contributed by atoms with van der Waals surface area (Å²) < 4.78 is 5.18. The van der Waals surface area contributed by atoms with E-state index in [-0.39, 0.29) is 0 Å². The van der Waals surface area contributed by atoms with Crippen LogP contribution in [0.15, 0.2) is 42.6 Å². The highest BCUT2D eigenvalue weighted by atomic mass is 16.5. The molecule has 4 heteroatoms. The van der Waals surface area contributed by atoms with Crippen LogP contribution in [0.5, 0.6) is 0 Å². The number of methoxy groups -OCH3 is 1. The van der Waals surface area contributed by atoms with Gasteiger partial charge in [-0.15, -0.1) is 0 Å². The number of rotatable bonds is 5. The van der Waals surface area contributed by atoms with E-state index in [1.54, 1.807) is 19.4 Å². The topological polar surface area (TPSA) is 60.2 Å². The van der Waals surface area contributed by atoms with Gasteiger partial charge in [0.1, 0.15) is 5.82 Å². The molecule has 1 heterocycles. The first-order valence-corrected chi connectivity index (χ1v) is 5.80. The Morgan fingerprint density at radius 2 is 2.00 bits per heavy atom. The first kappa shape index (κ1) is 12.4. The van der Waals surface area contributed by atoms with Gasteiger partial charge in [0.2, 0.25) is 0 Å². The second-order valence-corrected chi connectivity index (χ2v) is 4.03. The average Bonchev–Trinajstić information content (AvgIpc) is 2.38. The van der Waals surface area contributed by atoms with Gasteiger partial charge in [-0.2, -0.15) is 0 Å². The number of benzene rings is 1. The Bertz CT molecular complexity index is 514. The summed E-state index contributed by atoms with van der Waals surface area (Å²) in [5.74, 6) is 0.780. The molecule has 0 radical (unpaired) electrons. The maximum atomic E-state index is 5.71. The molecule has 0 bridgehead atoms. The lowest BCUT2D eigenvalue weighted by Crippen LogP contribution is -2.05. The van der Waals surface area contributed by atoms with Crippen molar-refractivity contribution in [2.24, 2.45) is 0 Å². The Balaban J connectivity index is 2.06. The monoisotopic (exact) mass is 243 g/mol. The molecule has 0 unspecified atom stereocenters. The summed E-state index contributed by atoms with van der Waals surface area (Å²) in [7, 11) is 1.70. The van der Waals surface area contributed by atoms with Crippen LogP contribution in [0, 0.1) is 0 Å². The predicted octanol–water partition coefficient (Wildman–Crippen LogP) is 2.42. The maximum Gasteiger partial charge on any atom is 0.128 e. The van der Waals surface area contributed by atoms with Gasteiger partial charge in [0.05, 0.1) is 6.61 Å². The summed E-state index contributed by atoms with van der Waals surface area (Å²) in [6.07, 6.45) is 1.69. The van der Waals surface area contributed by atoms with Gasteiger partial charge in [-0.25, -0.2) is 4.98 Å². The number of nitrogens with two attached hydrogens (primary N) is 1. The van der Waals surface area contributed by atoms with Crippen molar-refractivity contribution in [3.63, 3.8) is 0 Å². The van der Waals surface area contributed by atoms with Crippen LogP contribution in [0.3, 0.4) is 0 Å². The Hall–Kier alpha value is -2.07. The van der Waals surface area contributed by atoms with Crippen LogP contribution in [0.25, 0.3) is 0 Å². The van der Waals surface area contributed by atoms with E-state index < -0.39 is 0 Å². The van der Waals surface area contributed by atoms with Gasteiger partial charge in [0.25, 0.3) is 0 Å². The molecule has 0 atom stereocenters. The van der Waals surface area contributed by atoms with Gasteiger partial charge in [-0.1, -0.05) is 24.3 Å². The Kier molecular flexibility index (Phi) is 4.15. The molecule has 94 valence electrons. The number of aromatic nitrogens is 1. The van der Waals surface area contributed by atoms with Crippen LogP contribution < -0.4 is 11.1 Å². The second-order valence-electron chi connectivity index (χ2n) is 4.03. The maximum absolute atomic E-state index is 5.71. The van der Waals surface area contributed by atoms with E-state index in [9.17, 15) is 0 Å². The van der Waals surface area contributed by atoms with Crippen LogP contribution in [-0.4, -0.2) is 12.1 Å². The van der Waals surface area contributed by atoms with E-state index in [1.807, 2.05) is 18.2 Å². The highest BCUT2D eigenvalue weighted by Crippen LogP contribution is 2.13. The molecule has 2 rings (SSSR count). The molecule has 0 aliphatic rings. The number of nitrogens with zero attached hydrogens (tertiary/aromatic N) is 1. The SMILES string of the molecule is COCc1ccccc1CNc1cc(N)ccn1. The first-order valence-electron chi connectivity index (χ1n) is 5.80. The summed E-state index contributed by atoms with van der Waals surface area (Å²) in [6.45, 7) is 1.32. The molecule has 0 amide bonds. The van der Waals surface area contributed by atoms with E-state index in [0.29, 0.717) is 18.8 Å². The molecule has 0 aliphatic carbocycles. The quantitative estimate of drug-likeness (QED) is 0.846. The number of anilines is 2. The largest absolute Gasteiger partial charge is 0.399 e. The fraction of sp³-hybridized carbons (Fsp3) is 0.214. The van der Waals surface area contributed by atoms with Crippen molar-refractivity contribution in [3.05, 3.63) is 53.7 Å². The van der Waals surface area contributed by atoms with Crippen molar-refractivity contribution in [3.8, 4) is 0 Å². The fourth-order valence-corrected chi connectivity index (χ4v) is 1.76. The van der Waals surface area contributed by atoms with Crippen molar-refractivity contribution < 1.29 is 4.74 Å². The van der Waals surface area contributed by atoms with Crippen LogP contribution in [0.2, 0.25) is 0 Å². The van der Waals surface area contributed by atoms with E-state index in [0.717, 1.165) is 5.82 Å². The minimum absolute atomic E-state index is 0.613. The molecular weight excluding hydrogens is 226 g/mol. The fourth-order valence-electron chi connectivity index (χ4n) is 1.76. The van der Waals surface area contributed by atoms with Crippen LogP contribution in [0.4, 0.5) is 11.5 Å². The number of hydrogen-bond donors (Lipinski definition) is 2. The lowest BCUT2D eigenvalue weighted by atomic mass is 10.1. The highest BCUT2D eigenvalue weighted by molar-refractivity contribution is 5.48. The molecule has 3 N–H and O–H groups in total. The molecular formula is C14H17N3O. The summed E-state index contributed by atoms with van der Waals surface area (Å²) in [6, 6.07) is 11.8. The first-order chi connectivity index (χ1) is 8.79. The van der Waals surface area contributed by atoms with Crippen molar-refractivity contribution in [1.29, 1.82) is 0 Å². The van der Waals surface area contributed by atoms with Crippen molar-refractivity contribution in [1.82, 2.24) is 4.98 Å². The van der Waals surface area contributed by atoms with E-state index in [2.05, 4.69) is 22.4 Å². The Morgan fingerprint density at radius 3 is 2.72 bits per heavy atom. The number of nitrogen functional groups attached to an aromatic ring is 1. The van der Waals surface area contributed by atoms with Crippen LogP contribution >= 0.6 is 0 Å². The molecule has 1 aromatic carbocycles. The number of pyridine rings is 1. The van der Waals surface area contributed by atoms with Gasteiger partial charge in [0.15, 0.2) is 0 Å². The number of ether oxygens (including phenoxy) is 1. The molecule has 0 saturated heterocycles. The average molecular weight is 243 g/mol. The third kappa shape index (κ3) is 3.21. The smallest absolute Gasteiger partial charge is 0.128 e. The molecule has 2 aromatic rings. The summed E-state index contributed by atoms with van der Waals surface area (Å²) in [5, 5.41) is 3.25. The predicted molar refractivity (Wildman–Crippen MR) is 73.1 cm³/mol. The van der Waals surface area contributed by atoms with Crippen molar-refractivity contribution in [2.75, 3.05) is 18.2 Å². The van der Waals surface area contributed by atoms with Crippen LogP contribution in [0.1, 0.15) is 11.1 Å². The summed E-state index contributed by atoms with van der Waals surface area (Å²) in [4.78, 5) is 4.21. The second kappa shape index (κ2) is 6.02. The Morgan fingerprint density at radius 1 is 1.22 bits per heavy atom. The molecule has 0 spiro atoms. The summed E-state index contributed by atoms with van der Waals surface area (Å²) in [5.41, 5.74) is 8.79. The zero-order valence-corrected chi connectivity index (χ0v) is 10.4. The van der Waals surface area contributed by atoms with E-state index >= 15 is 0 Å². The van der Waals surface area contributed by atoms with E-state index in [1.165, 1.54) is 11.1 Å². The number of nitrogens with one attached hydrogen (secondary N) is 1.